The normalized spacial score (nSPS) is 18.3. The Labute approximate surface area is 205 Å². The molecule has 2 amide bonds. The maximum Gasteiger partial charge on any atom is 0.254 e. The number of amides is 2. The molecule has 3 aromatic rings. The Kier molecular flexibility index (Phi) is 6.40. The fourth-order valence-corrected chi connectivity index (χ4v) is 5.00. The van der Waals surface area contributed by atoms with Crippen LogP contribution in [0.5, 0.6) is 0 Å². The van der Waals surface area contributed by atoms with Gasteiger partial charge in [0.2, 0.25) is 5.91 Å². The lowest BCUT2D eigenvalue weighted by Crippen LogP contribution is -2.47. The highest BCUT2D eigenvalue weighted by Gasteiger charge is 2.37. The molecule has 2 aliphatic rings. The van der Waals surface area contributed by atoms with Gasteiger partial charge in [0.1, 0.15) is 0 Å². The highest BCUT2D eigenvalue weighted by Crippen LogP contribution is 2.43. The summed E-state index contributed by atoms with van der Waals surface area (Å²) in [7, 11) is 2.07. The number of para-hydroxylation sites is 1. The monoisotopic (exact) mass is 473 g/mol. The number of piperazine rings is 1. The average Bonchev–Trinajstić information content (AvgIpc) is 3.15. The summed E-state index contributed by atoms with van der Waals surface area (Å²) in [5.41, 5.74) is 4.46. The van der Waals surface area contributed by atoms with Crippen molar-refractivity contribution in [2.24, 2.45) is 0 Å². The molecule has 2 heterocycles. The molecular formula is C28H28ClN3O2. The summed E-state index contributed by atoms with van der Waals surface area (Å²) in [5.74, 6) is -0.141. The number of carbonyl (C=O) groups is 2. The highest BCUT2D eigenvalue weighted by molar-refractivity contribution is 6.30. The minimum absolute atomic E-state index is 0.0224. The highest BCUT2D eigenvalue weighted by atomic mass is 35.5. The Bertz CT molecular complexity index is 1200. The fourth-order valence-electron chi connectivity index (χ4n) is 4.87. The number of likely N-dealkylation sites (N-methyl/N-ethyl adjacent to an activating group) is 1. The molecule has 0 saturated carbocycles. The summed E-state index contributed by atoms with van der Waals surface area (Å²) in [6.45, 7) is 3.19. The number of aryl methyl sites for hydroxylation is 1. The predicted molar refractivity (Wildman–Crippen MR) is 136 cm³/mol. The Morgan fingerprint density at radius 1 is 0.941 bits per heavy atom. The van der Waals surface area contributed by atoms with Crippen LogP contribution in [0, 0.1) is 0 Å². The van der Waals surface area contributed by atoms with Crippen LogP contribution in [-0.4, -0.2) is 54.8 Å². The maximum atomic E-state index is 13.7. The van der Waals surface area contributed by atoms with Crippen LogP contribution >= 0.6 is 11.6 Å². The van der Waals surface area contributed by atoms with Gasteiger partial charge >= 0.3 is 0 Å². The molecule has 1 saturated heterocycles. The van der Waals surface area contributed by atoms with Gasteiger partial charge in [-0.25, -0.2) is 0 Å². The number of nitrogens with zero attached hydrogens (tertiary/aromatic N) is 3. The van der Waals surface area contributed by atoms with E-state index in [1.165, 1.54) is 0 Å². The zero-order chi connectivity index (χ0) is 23.7. The number of hydrogen-bond acceptors (Lipinski definition) is 3. The molecule has 34 heavy (non-hydrogen) atoms. The van der Waals surface area contributed by atoms with E-state index in [9.17, 15) is 9.59 Å². The van der Waals surface area contributed by atoms with Gasteiger partial charge in [-0.3, -0.25) is 14.5 Å². The fraction of sp³-hybridized carbons (Fsp3) is 0.286. The van der Waals surface area contributed by atoms with E-state index in [2.05, 4.69) is 11.9 Å². The van der Waals surface area contributed by atoms with Gasteiger partial charge in [-0.05, 0) is 67.4 Å². The lowest BCUT2D eigenvalue weighted by molar-refractivity contribution is -0.118. The second kappa shape index (κ2) is 9.61. The number of rotatable bonds is 5. The maximum absolute atomic E-state index is 13.7. The Hall–Kier alpha value is -3.15. The molecule has 2 aliphatic heterocycles. The largest absolute Gasteiger partial charge is 0.336 e. The molecule has 1 atom stereocenters. The van der Waals surface area contributed by atoms with E-state index in [1.54, 1.807) is 4.90 Å². The van der Waals surface area contributed by atoms with E-state index in [0.717, 1.165) is 55.1 Å². The topological polar surface area (TPSA) is 43.9 Å². The molecule has 0 bridgehead atoms. The molecule has 1 fully saturated rings. The Morgan fingerprint density at radius 3 is 2.44 bits per heavy atom. The SMILES string of the molecule is CN1CCN(C(=O)c2cccc(N3C(=O)C(CCc4ccc(Cl)cc4)c4ccccc43)c2)CC1. The molecule has 3 aromatic carbocycles. The number of anilines is 2. The zero-order valence-corrected chi connectivity index (χ0v) is 20.0. The van der Waals surface area contributed by atoms with Gasteiger partial charge in [0.05, 0.1) is 11.6 Å². The first-order valence-corrected chi connectivity index (χ1v) is 12.1. The standard InChI is InChI=1S/C28H28ClN3O2/c1-30-15-17-31(18-16-30)27(33)21-5-4-6-23(19-21)32-26-8-3-2-7-24(26)25(28(32)34)14-11-20-9-12-22(29)13-10-20/h2-10,12-13,19,25H,11,14-18H2,1H3. The lowest BCUT2D eigenvalue weighted by Gasteiger charge is -2.32. The van der Waals surface area contributed by atoms with Crippen LogP contribution in [-0.2, 0) is 11.2 Å². The molecule has 0 N–H and O–H groups in total. The van der Waals surface area contributed by atoms with Crippen molar-refractivity contribution in [1.29, 1.82) is 0 Å². The summed E-state index contributed by atoms with van der Waals surface area (Å²) in [4.78, 5) is 32.7. The predicted octanol–water partition coefficient (Wildman–Crippen LogP) is 5.12. The molecule has 0 spiro atoms. The van der Waals surface area contributed by atoms with Crippen molar-refractivity contribution in [3.8, 4) is 0 Å². The third kappa shape index (κ3) is 4.46. The first-order chi connectivity index (χ1) is 16.5. The summed E-state index contributed by atoms with van der Waals surface area (Å²) in [6, 6.07) is 23.3. The van der Waals surface area contributed by atoms with Crippen LogP contribution in [0.25, 0.3) is 0 Å². The van der Waals surface area contributed by atoms with E-state index in [4.69, 9.17) is 11.6 Å². The number of fused-ring (bicyclic) bond motifs is 1. The number of hydrogen-bond donors (Lipinski definition) is 0. The molecule has 6 heteroatoms. The van der Waals surface area contributed by atoms with Crippen LogP contribution < -0.4 is 4.90 Å². The second-order valence-electron chi connectivity index (χ2n) is 9.10. The van der Waals surface area contributed by atoms with Crippen LogP contribution in [0.4, 0.5) is 11.4 Å². The average molecular weight is 474 g/mol. The summed E-state index contributed by atoms with van der Waals surface area (Å²) in [5, 5.41) is 0.711. The van der Waals surface area contributed by atoms with E-state index in [1.807, 2.05) is 77.7 Å². The first-order valence-electron chi connectivity index (χ1n) is 11.8. The van der Waals surface area contributed by atoms with Crippen molar-refractivity contribution in [1.82, 2.24) is 9.80 Å². The Morgan fingerprint density at radius 2 is 1.68 bits per heavy atom. The van der Waals surface area contributed by atoms with E-state index >= 15 is 0 Å². The number of benzene rings is 3. The third-order valence-electron chi connectivity index (χ3n) is 6.85. The summed E-state index contributed by atoms with van der Waals surface area (Å²) < 4.78 is 0. The molecular weight excluding hydrogens is 446 g/mol. The van der Waals surface area contributed by atoms with Gasteiger partial charge in [-0.1, -0.05) is 48.0 Å². The molecule has 5 rings (SSSR count). The van der Waals surface area contributed by atoms with Gasteiger partial charge < -0.3 is 9.80 Å². The molecule has 5 nitrogen and oxygen atoms in total. The zero-order valence-electron chi connectivity index (χ0n) is 19.3. The molecule has 0 radical (unpaired) electrons. The van der Waals surface area contributed by atoms with Crippen molar-refractivity contribution in [3.63, 3.8) is 0 Å². The smallest absolute Gasteiger partial charge is 0.254 e. The summed E-state index contributed by atoms with van der Waals surface area (Å²) >= 11 is 6.02. The van der Waals surface area contributed by atoms with Crippen molar-refractivity contribution >= 4 is 34.8 Å². The van der Waals surface area contributed by atoms with Crippen molar-refractivity contribution in [3.05, 3.63) is 94.5 Å². The Balaban J connectivity index is 1.39. The van der Waals surface area contributed by atoms with E-state index in [-0.39, 0.29) is 17.7 Å². The third-order valence-corrected chi connectivity index (χ3v) is 7.10. The van der Waals surface area contributed by atoms with Gasteiger partial charge in [-0.15, -0.1) is 0 Å². The first kappa shape index (κ1) is 22.6. The van der Waals surface area contributed by atoms with Crippen molar-refractivity contribution in [2.45, 2.75) is 18.8 Å². The van der Waals surface area contributed by atoms with Crippen LogP contribution in [0.1, 0.15) is 33.8 Å². The van der Waals surface area contributed by atoms with Gasteiger partial charge in [-0.2, -0.15) is 0 Å². The molecule has 1 unspecified atom stereocenters. The number of carbonyl (C=O) groups excluding carboxylic acids is 2. The van der Waals surface area contributed by atoms with Crippen molar-refractivity contribution < 1.29 is 9.59 Å². The van der Waals surface area contributed by atoms with Gasteiger partial charge in [0.25, 0.3) is 5.91 Å². The van der Waals surface area contributed by atoms with E-state index in [0.29, 0.717) is 17.0 Å². The second-order valence-corrected chi connectivity index (χ2v) is 9.53. The molecule has 0 aliphatic carbocycles. The minimum atomic E-state index is -0.219. The quantitative estimate of drug-likeness (QED) is 0.516. The van der Waals surface area contributed by atoms with E-state index < -0.39 is 0 Å². The number of halogens is 1. The van der Waals surface area contributed by atoms with Crippen LogP contribution in [0.2, 0.25) is 5.02 Å². The van der Waals surface area contributed by atoms with Crippen LogP contribution in [0.3, 0.4) is 0 Å². The molecule has 0 aromatic heterocycles. The summed E-state index contributed by atoms with van der Waals surface area (Å²) in [6.07, 6.45) is 1.51. The van der Waals surface area contributed by atoms with Crippen molar-refractivity contribution in [2.75, 3.05) is 38.1 Å². The van der Waals surface area contributed by atoms with Crippen LogP contribution in [0.15, 0.2) is 72.8 Å². The van der Waals surface area contributed by atoms with Gasteiger partial charge in [0, 0.05) is 42.5 Å². The van der Waals surface area contributed by atoms with Gasteiger partial charge in [0.15, 0.2) is 0 Å². The minimum Gasteiger partial charge on any atom is -0.336 e. The lowest BCUT2D eigenvalue weighted by atomic mass is 9.93. The molecule has 174 valence electrons.